The van der Waals surface area contributed by atoms with E-state index in [9.17, 15) is 4.79 Å². The highest BCUT2D eigenvalue weighted by molar-refractivity contribution is 5.85. The predicted molar refractivity (Wildman–Crippen MR) is 85.4 cm³/mol. The highest BCUT2D eigenvalue weighted by atomic mass is 16.4. The zero-order valence-corrected chi connectivity index (χ0v) is 12.4. The van der Waals surface area contributed by atoms with Crippen LogP contribution in [0.25, 0.3) is 6.08 Å². The molecule has 1 aliphatic carbocycles. The first-order valence-electron chi connectivity index (χ1n) is 8.02. The maximum Gasteiger partial charge on any atom is 0.328 e. The fourth-order valence-electron chi connectivity index (χ4n) is 3.89. The fraction of sp³-hybridized carbons (Fsp3) is 0.500. The number of rotatable bonds is 3. The Kier molecular flexibility index (Phi) is 4.28. The van der Waals surface area contributed by atoms with Crippen molar-refractivity contribution >= 4 is 17.7 Å². The lowest BCUT2D eigenvalue weighted by atomic mass is 9.78. The van der Waals surface area contributed by atoms with Gasteiger partial charge in [0, 0.05) is 24.4 Å². The summed E-state index contributed by atoms with van der Waals surface area (Å²) in [6.07, 6.45) is 11.0. The van der Waals surface area contributed by atoms with Crippen molar-refractivity contribution in [1.82, 2.24) is 0 Å². The number of anilines is 1. The van der Waals surface area contributed by atoms with E-state index in [0.29, 0.717) is 6.04 Å². The van der Waals surface area contributed by atoms with E-state index in [1.807, 2.05) is 12.1 Å². The molecule has 3 heteroatoms. The van der Waals surface area contributed by atoms with Crippen molar-refractivity contribution in [2.24, 2.45) is 5.92 Å². The molecule has 112 valence electrons. The van der Waals surface area contributed by atoms with Gasteiger partial charge in [0.1, 0.15) is 0 Å². The van der Waals surface area contributed by atoms with Crippen LogP contribution in [0, 0.1) is 5.92 Å². The molecule has 1 saturated heterocycles. The van der Waals surface area contributed by atoms with Gasteiger partial charge in [-0.25, -0.2) is 4.79 Å². The maximum atomic E-state index is 10.5. The smallest absolute Gasteiger partial charge is 0.328 e. The summed E-state index contributed by atoms with van der Waals surface area (Å²) in [5, 5.41) is 8.67. The van der Waals surface area contributed by atoms with E-state index in [1.165, 1.54) is 50.3 Å². The third kappa shape index (κ3) is 3.29. The van der Waals surface area contributed by atoms with Crippen molar-refractivity contribution in [3.05, 3.63) is 35.9 Å². The summed E-state index contributed by atoms with van der Waals surface area (Å²) < 4.78 is 0. The molecule has 2 aliphatic rings. The summed E-state index contributed by atoms with van der Waals surface area (Å²) in [6.45, 7) is 1.16. The number of carbonyl (C=O) groups is 1. The summed E-state index contributed by atoms with van der Waals surface area (Å²) in [7, 11) is 0. The van der Waals surface area contributed by atoms with Gasteiger partial charge in [0.25, 0.3) is 0 Å². The molecule has 1 aromatic carbocycles. The Bertz CT molecular complexity index is 519. The molecule has 3 rings (SSSR count). The second-order valence-corrected chi connectivity index (χ2v) is 6.21. The van der Waals surface area contributed by atoms with Crippen LogP contribution in [0.5, 0.6) is 0 Å². The van der Waals surface area contributed by atoms with Gasteiger partial charge in [-0.2, -0.15) is 0 Å². The molecule has 0 amide bonds. The molecule has 0 bridgehead atoms. The minimum absolute atomic E-state index is 0.716. The van der Waals surface area contributed by atoms with Crippen LogP contribution in [0.4, 0.5) is 5.69 Å². The third-order valence-electron chi connectivity index (χ3n) is 4.89. The Morgan fingerprint density at radius 3 is 2.57 bits per heavy atom. The topological polar surface area (TPSA) is 40.5 Å². The quantitative estimate of drug-likeness (QED) is 0.855. The van der Waals surface area contributed by atoms with Gasteiger partial charge in [-0.05, 0) is 55.4 Å². The SMILES string of the molecule is O=C(O)/C=C/c1ccc(N2CCCC3CCCCC32)cc1. The van der Waals surface area contributed by atoms with Crippen molar-refractivity contribution in [2.45, 2.75) is 44.6 Å². The van der Waals surface area contributed by atoms with E-state index < -0.39 is 5.97 Å². The first-order chi connectivity index (χ1) is 10.2. The molecular formula is C18H23NO2. The van der Waals surface area contributed by atoms with Crippen molar-refractivity contribution in [3.8, 4) is 0 Å². The second kappa shape index (κ2) is 6.33. The molecule has 0 radical (unpaired) electrons. The Hall–Kier alpha value is -1.77. The lowest BCUT2D eigenvalue weighted by molar-refractivity contribution is -0.131. The highest BCUT2D eigenvalue weighted by Gasteiger charge is 2.33. The zero-order valence-electron chi connectivity index (χ0n) is 12.4. The molecule has 1 aromatic rings. The monoisotopic (exact) mass is 285 g/mol. The fourth-order valence-corrected chi connectivity index (χ4v) is 3.89. The van der Waals surface area contributed by atoms with Crippen molar-refractivity contribution in [1.29, 1.82) is 0 Å². The van der Waals surface area contributed by atoms with Crippen LogP contribution < -0.4 is 4.90 Å². The molecule has 0 aromatic heterocycles. The van der Waals surface area contributed by atoms with E-state index in [4.69, 9.17) is 5.11 Å². The van der Waals surface area contributed by atoms with Crippen LogP contribution in [-0.4, -0.2) is 23.7 Å². The number of piperidine rings is 1. The minimum atomic E-state index is -0.903. The second-order valence-electron chi connectivity index (χ2n) is 6.21. The lowest BCUT2D eigenvalue weighted by Crippen LogP contribution is -2.46. The average Bonchev–Trinajstić information content (AvgIpc) is 2.53. The van der Waals surface area contributed by atoms with Gasteiger partial charge in [0.05, 0.1) is 0 Å². The summed E-state index contributed by atoms with van der Waals surface area (Å²) in [5.41, 5.74) is 2.23. The maximum absolute atomic E-state index is 10.5. The van der Waals surface area contributed by atoms with Crippen LogP contribution in [0.2, 0.25) is 0 Å². The summed E-state index contributed by atoms with van der Waals surface area (Å²) >= 11 is 0. The minimum Gasteiger partial charge on any atom is -0.478 e. The molecule has 1 heterocycles. The number of aliphatic carboxylic acids is 1. The number of carboxylic acid groups (broad SMARTS) is 1. The summed E-state index contributed by atoms with van der Waals surface area (Å²) in [6, 6.07) is 9.02. The molecule has 1 aliphatic heterocycles. The van der Waals surface area contributed by atoms with E-state index in [0.717, 1.165) is 18.0 Å². The Morgan fingerprint density at radius 1 is 1.10 bits per heavy atom. The number of carboxylic acids is 1. The van der Waals surface area contributed by atoms with E-state index in [2.05, 4.69) is 17.0 Å². The van der Waals surface area contributed by atoms with Gasteiger partial charge in [-0.3, -0.25) is 0 Å². The van der Waals surface area contributed by atoms with E-state index in [1.54, 1.807) is 6.08 Å². The van der Waals surface area contributed by atoms with Crippen LogP contribution in [0.1, 0.15) is 44.1 Å². The van der Waals surface area contributed by atoms with Crippen LogP contribution in [0.15, 0.2) is 30.3 Å². The van der Waals surface area contributed by atoms with Gasteiger partial charge < -0.3 is 10.0 Å². The first-order valence-corrected chi connectivity index (χ1v) is 8.02. The van der Waals surface area contributed by atoms with Gasteiger partial charge >= 0.3 is 5.97 Å². The van der Waals surface area contributed by atoms with Crippen LogP contribution in [0.3, 0.4) is 0 Å². The number of benzene rings is 1. The molecule has 1 N–H and O–H groups in total. The average molecular weight is 285 g/mol. The number of fused-ring (bicyclic) bond motifs is 1. The molecule has 0 spiro atoms. The Labute approximate surface area is 126 Å². The van der Waals surface area contributed by atoms with Crippen LogP contribution in [-0.2, 0) is 4.79 Å². The van der Waals surface area contributed by atoms with E-state index in [-0.39, 0.29) is 0 Å². The third-order valence-corrected chi connectivity index (χ3v) is 4.89. The molecule has 2 unspecified atom stereocenters. The molecule has 3 nitrogen and oxygen atoms in total. The molecule has 21 heavy (non-hydrogen) atoms. The van der Waals surface area contributed by atoms with Crippen molar-refractivity contribution in [2.75, 3.05) is 11.4 Å². The highest BCUT2D eigenvalue weighted by Crippen LogP contribution is 2.37. The van der Waals surface area contributed by atoms with Gasteiger partial charge in [0.2, 0.25) is 0 Å². The normalized spacial score (nSPS) is 25.8. The number of hydrogen-bond acceptors (Lipinski definition) is 2. The summed E-state index contributed by atoms with van der Waals surface area (Å²) in [5.74, 6) is -0.0285. The number of nitrogens with zero attached hydrogens (tertiary/aromatic N) is 1. The summed E-state index contributed by atoms with van der Waals surface area (Å²) in [4.78, 5) is 13.1. The predicted octanol–water partition coefficient (Wildman–Crippen LogP) is 3.94. The van der Waals surface area contributed by atoms with E-state index >= 15 is 0 Å². The lowest BCUT2D eigenvalue weighted by Gasteiger charge is -2.45. The largest absolute Gasteiger partial charge is 0.478 e. The molecule has 2 atom stereocenters. The van der Waals surface area contributed by atoms with Crippen molar-refractivity contribution < 1.29 is 9.90 Å². The van der Waals surface area contributed by atoms with Gasteiger partial charge in [0.15, 0.2) is 0 Å². The first kappa shape index (κ1) is 14.2. The zero-order chi connectivity index (χ0) is 14.7. The molecular weight excluding hydrogens is 262 g/mol. The van der Waals surface area contributed by atoms with Gasteiger partial charge in [-0.15, -0.1) is 0 Å². The number of hydrogen-bond donors (Lipinski definition) is 1. The van der Waals surface area contributed by atoms with Crippen LogP contribution >= 0.6 is 0 Å². The Balaban J connectivity index is 1.75. The van der Waals surface area contributed by atoms with Crippen molar-refractivity contribution in [3.63, 3.8) is 0 Å². The Morgan fingerprint density at radius 2 is 1.81 bits per heavy atom. The standard InChI is InChI=1S/C18H23NO2/c20-18(21)12-9-14-7-10-16(11-8-14)19-13-3-5-15-4-1-2-6-17(15)19/h7-12,15,17H,1-6,13H2,(H,20,21)/b12-9+. The molecule has 1 saturated carbocycles. The van der Waals surface area contributed by atoms with Gasteiger partial charge in [-0.1, -0.05) is 25.0 Å². The molecule has 2 fully saturated rings.